The molecule has 1 saturated heterocycles. The molecule has 2 rings (SSSR count). The lowest BCUT2D eigenvalue weighted by Gasteiger charge is -2.43. The van der Waals surface area contributed by atoms with Crippen LogP contribution in [0.25, 0.3) is 0 Å². The molecule has 1 N–H and O–H groups in total. The Hall–Kier alpha value is -0.380. The highest BCUT2D eigenvalue weighted by atomic mass is 32.1. The first-order chi connectivity index (χ1) is 7.78. The van der Waals surface area contributed by atoms with E-state index in [0.717, 1.165) is 13.1 Å². The average Bonchev–Trinajstić information content (AvgIpc) is 2.82. The van der Waals surface area contributed by atoms with Gasteiger partial charge in [0.2, 0.25) is 0 Å². The number of thiophene rings is 1. The van der Waals surface area contributed by atoms with Crippen molar-refractivity contribution in [2.45, 2.75) is 38.8 Å². The summed E-state index contributed by atoms with van der Waals surface area (Å²) in [5.41, 5.74) is 0.357. The fourth-order valence-electron chi connectivity index (χ4n) is 2.52. The average molecular weight is 238 g/mol. The number of hydrogen-bond donors (Lipinski definition) is 1. The fourth-order valence-corrected chi connectivity index (χ4v) is 3.27. The summed E-state index contributed by atoms with van der Waals surface area (Å²) < 4.78 is 0. The minimum absolute atomic E-state index is 0.357. The van der Waals surface area contributed by atoms with Crippen molar-refractivity contribution in [1.82, 2.24) is 10.2 Å². The van der Waals surface area contributed by atoms with Crippen LogP contribution in [-0.2, 0) is 6.54 Å². The Morgan fingerprint density at radius 2 is 2.25 bits per heavy atom. The highest BCUT2D eigenvalue weighted by Crippen LogP contribution is 2.22. The first-order valence-electron chi connectivity index (χ1n) is 6.28. The van der Waals surface area contributed by atoms with Gasteiger partial charge in [-0.15, -0.1) is 11.3 Å². The maximum absolute atomic E-state index is 3.70. The van der Waals surface area contributed by atoms with Gasteiger partial charge >= 0.3 is 0 Å². The first kappa shape index (κ1) is 12.1. The SMILES string of the molecule is CCC1(CC)CN(Cc2cccs2)CCN1. The van der Waals surface area contributed by atoms with Crippen LogP contribution in [0, 0.1) is 0 Å². The Balaban J connectivity index is 1.96. The van der Waals surface area contributed by atoms with Crippen molar-refractivity contribution in [3.63, 3.8) is 0 Å². The van der Waals surface area contributed by atoms with E-state index in [1.165, 1.54) is 30.8 Å². The number of nitrogens with zero attached hydrogens (tertiary/aromatic N) is 1. The molecule has 0 aliphatic carbocycles. The van der Waals surface area contributed by atoms with E-state index in [0.29, 0.717) is 5.54 Å². The van der Waals surface area contributed by atoms with Gasteiger partial charge in [0.1, 0.15) is 0 Å². The van der Waals surface area contributed by atoms with Crippen molar-refractivity contribution in [2.24, 2.45) is 0 Å². The molecule has 0 saturated carbocycles. The zero-order chi connectivity index (χ0) is 11.4. The lowest BCUT2D eigenvalue weighted by Crippen LogP contribution is -2.59. The molecule has 2 heterocycles. The van der Waals surface area contributed by atoms with E-state index in [1.54, 1.807) is 0 Å². The van der Waals surface area contributed by atoms with E-state index in [9.17, 15) is 0 Å². The van der Waals surface area contributed by atoms with Gasteiger partial charge in [0.05, 0.1) is 0 Å². The molecule has 90 valence electrons. The maximum atomic E-state index is 3.70. The Morgan fingerprint density at radius 3 is 2.88 bits per heavy atom. The molecule has 0 bridgehead atoms. The largest absolute Gasteiger partial charge is 0.309 e. The van der Waals surface area contributed by atoms with Crippen molar-refractivity contribution in [3.8, 4) is 0 Å². The number of hydrogen-bond acceptors (Lipinski definition) is 3. The minimum atomic E-state index is 0.357. The molecule has 0 radical (unpaired) electrons. The van der Waals surface area contributed by atoms with E-state index >= 15 is 0 Å². The van der Waals surface area contributed by atoms with Gasteiger partial charge in [-0.2, -0.15) is 0 Å². The topological polar surface area (TPSA) is 15.3 Å². The van der Waals surface area contributed by atoms with Gasteiger partial charge in [-0.25, -0.2) is 0 Å². The first-order valence-corrected chi connectivity index (χ1v) is 7.16. The van der Waals surface area contributed by atoms with Crippen LogP contribution >= 0.6 is 11.3 Å². The maximum Gasteiger partial charge on any atom is 0.0329 e. The Bertz CT molecular complexity index is 304. The predicted molar refractivity (Wildman–Crippen MR) is 70.9 cm³/mol. The summed E-state index contributed by atoms with van der Waals surface area (Å²) in [7, 11) is 0. The normalized spacial score (nSPS) is 21.1. The van der Waals surface area contributed by atoms with Crippen molar-refractivity contribution in [2.75, 3.05) is 19.6 Å². The molecule has 1 aliphatic heterocycles. The van der Waals surface area contributed by atoms with E-state index in [-0.39, 0.29) is 0 Å². The van der Waals surface area contributed by atoms with E-state index in [4.69, 9.17) is 0 Å². The summed E-state index contributed by atoms with van der Waals surface area (Å²) in [4.78, 5) is 4.08. The molecule has 0 amide bonds. The van der Waals surface area contributed by atoms with Crippen LogP contribution in [0.3, 0.4) is 0 Å². The van der Waals surface area contributed by atoms with Crippen LogP contribution in [0.2, 0.25) is 0 Å². The number of piperazine rings is 1. The molecule has 1 aromatic heterocycles. The Kier molecular flexibility index (Phi) is 4.00. The second-order valence-electron chi connectivity index (χ2n) is 4.70. The predicted octanol–water partition coefficient (Wildman–Crippen LogP) is 2.71. The monoisotopic (exact) mass is 238 g/mol. The molecule has 1 aromatic rings. The van der Waals surface area contributed by atoms with Crippen LogP contribution in [-0.4, -0.2) is 30.1 Å². The van der Waals surface area contributed by atoms with Gasteiger partial charge in [-0.1, -0.05) is 19.9 Å². The van der Waals surface area contributed by atoms with Gasteiger partial charge in [0.25, 0.3) is 0 Å². The summed E-state index contributed by atoms with van der Waals surface area (Å²) in [5, 5.41) is 5.87. The third-order valence-electron chi connectivity index (χ3n) is 3.77. The minimum Gasteiger partial charge on any atom is -0.309 e. The number of nitrogens with one attached hydrogen (secondary N) is 1. The summed E-state index contributed by atoms with van der Waals surface area (Å²) in [6, 6.07) is 4.39. The number of rotatable bonds is 4. The van der Waals surface area contributed by atoms with E-state index in [1.807, 2.05) is 11.3 Å². The zero-order valence-electron chi connectivity index (χ0n) is 10.3. The van der Waals surface area contributed by atoms with Gasteiger partial charge in [-0.3, -0.25) is 4.90 Å². The smallest absolute Gasteiger partial charge is 0.0329 e. The lowest BCUT2D eigenvalue weighted by molar-refractivity contribution is 0.119. The lowest BCUT2D eigenvalue weighted by atomic mass is 9.90. The highest BCUT2D eigenvalue weighted by molar-refractivity contribution is 7.09. The second kappa shape index (κ2) is 5.30. The standard InChI is InChI=1S/C13H22N2S/c1-3-13(4-2)11-15(8-7-14-13)10-12-6-5-9-16-12/h5-6,9,14H,3-4,7-8,10-11H2,1-2H3. The molecule has 3 heteroatoms. The van der Waals surface area contributed by atoms with Gasteiger partial charge in [-0.05, 0) is 24.3 Å². The van der Waals surface area contributed by atoms with Crippen LogP contribution in [0.4, 0.5) is 0 Å². The van der Waals surface area contributed by atoms with Gasteiger partial charge in [0, 0.05) is 36.6 Å². The summed E-state index contributed by atoms with van der Waals surface area (Å²) in [6.07, 6.45) is 2.45. The van der Waals surface area contributed by atoms with Crippen molar-refractivity contribution in [1.29, 1.82) is 0 Å². The molecule has 1 aliphatic rings. The summed E-state index contributed by atoms with van der Waals surface area (Å²) in [6.45, 7) is 9.22. The van der Waals surface area contributed by atoms with Crippen LogP contribution < -0.4 is 5.32 Å². The van der Waals surface area contributed by atoms with E-state index < -0.39 is 0 Å². The molecular formula is C13H22N2S. The molecule has 0 unspecified atom stereocenters. The third-order valence-corrected chi connectivity index (χ3v) is 4.63. The van der Waals surface area contributed by atoms with Crippen molar-refractivity contribution < 1.29 is 0 Å². The Morgan fingerprint density at radius 1 is 1.44 bits per heavy atom. The van der Waals surface area contributed by atoms with Crippen molar-refractivity contribution >= 4 is 11.3 Å². The molecule has 1 fully saturated rings. The van der Waals surface area contributed by atoms with Crippen LogP contribution in [0.1, 0.15) is 31.6 Å². The summed E-state index contributed by atoms with van der Waals surface area (Å²) >= 11 is 1.87. The van der Waals surface area contributed by atoms with Crippen molar-refractivity contribution in [3.05, 3.63) is 22.4 Å². The Labute approximate surface area is 103 Å². The molecule has 2 nitrogen and oxygen atoms in total. The molecule has 0 aromatic carbocycles. The molecular weight excluding hydrogens is 216 g/mol. The van der Waals surface area contributed by atoms with Crippen LogP contribution in [0.5, 0.6) is 0 Å². The van der Waals surface area contributed by atoms with Gasteiger partial charge in [0.15, 0.2) is 0 Å². The van der Waals surface area contributed by atoms with E-state index in [2.05, 4.69) is 41.6 Å². The third kappa shape index (κ3) is 2.65. The van der Waals surface area contributed by atoms with Gasteiger partial charge < -0.3 is 5.32 Å². The summed E-state index contributed by atoms with van der Waals surface area (Å²) in [5.74, 6) is 0. The second-order valence-corrected chi connectivity index (χ2v) is 5.74. The molecule has 16 heavy (non-hydrogen) atoms. The fraction of sp³-hybridized carbons (Fsp3) is 0.692. The highest BCUT2D eigenvalue weighted by Gasteiger charge is 2.31. The van der Waals surface area contributed by atoms with Crippen LogP contribution in [0.15, 0.2) is 17.5 Å². The quantitative estimate of drug-likeness (QED) is 0.867. The molecule has 0 atom stereocenters. The zero-order valence-corrected chi connectivity index (χ0v) is 11.1. The molecule has 0 spiro atoms.